The molecule has 0 aliphatic rings. The van der Waals surface area contributed by atoms with Gasteiger partial charge in [0.1, 0.15) is 11.6 Å². The molecule has 0 unspecified atom stereocenters. The molecule has 0 amide bonds. The zero-order valence-corrected chi connectivity index (χ0v) is 12.7. The predicted octanol–water partition coefficient (Wildman–Crippen LogP) is 2.96. The lowest BCUT2D eigenvalue weighted by Crippen LogP contribution is -2.29. The fraction of sp³-hybridized carbons (Fsp3) is 0.667. The highest BCUT2D eigenvalue weighted by molar-refractivity contribution is 5.58. The van der Waals surface area contributed by atoms with E-state index < -0.39 is 0 Å². The van der Waals surface area contributed by atoms with Gasteiger partial charge in [0, 0.05) is 13.1 Å². The monoisotopic (exact) mass is 260 g/mol. The van der Waals surface area contributed by atoms with Crippen LogP contribution in [0.25, 0.3) is 0 Å². The minimum atomic E-state index is 0.532. The van der Waals surface area contributed by atoms with Gasteiger partial charge in [-0.15, -0.1) is 5.10 Å². The first-order chi connectivity index (χ1) is 9.08. The second kappa shape index (κ2) is 7.08. The minimum absolute atomic E-state index is 0.532. The van der Waals surface area contributed by atoms with Crippen molar-refractivity contribution >= 4 is 5.82 Å². The third kappa shape index (κ3) is 3.44. The lowest BCUT2D eigenvalue weighted by molar-refractivity contribution is 0.610. The molecular weight excluding hydrogens is 236 g/mol. The molecule has 0 aliphatic heterocycles. The molecule has 0 N–H and O–H groups in total. The Hall–Kier alpha value is -1.63. The first kappa shape index (κ1) is 15.4. The van der Waals surface area contributed by atoms with Crippen molar-refractivity contribution in [3.05, 3.63) is 16.8 Å². The van der Waals surface area contributed by atoms with E-state index in [9.17, 15) is 5.26 Å². The number of aromatic nitrogens is 2. The number of aryl methyl sites for hydroxylation is 1. The highest BCUT2D eigenvalue weighted by Crippen LogP contribution is 2.23. The molecule has 0 bridgehead atoms. The lowest BCUT2D eigenvalue weighted by atomic mass is 10.0. The summed E-state index contributed by atoms with van der Waals surface area (Å²) >= 11 is 0. The van der Waals surface area contributed by atoms with Gasteiger partial charge in [-0.1, -0.05) is 27.7 Å². The Bertz CT molecular complexity index is 460. The molecule has 19 heavy (non-hydrogen) atoms. The molecule has 0 saturated carbocycles. The Labute approximate surface area is 116 Å². The number of nitrogens with zero attached hydrogens (tertiary/aromatic N) is 4. The van der Waals surface area contributed by atoms with E-state index >= 15 is 0 Å². The largest absolute Gasteiger partial charge is 0.354 e. The van der Waals surface area contributed by atoms with Crippen LogP contribution in [-0.2, 0) is 12.8 Å². The summed E-state index contributed by atoms with van der Waals surface area (Å²) in [5, 5.41) is 18.1. The van der Waals surface area contributed by atoms with E-state index in [1.54, 1.807) is 0 Å². The Kier molecular flexibility index (Phi) is 5.75. The maximum atomic E-state index is 9.48. The van der Waals surface area contributed by atoms with Crippen LogP contribution in [-0.4, -0.2) is 23.3 Å². The van der Waals surface area contributed by atoms with Gasteiger partial charge in [-0.25, -0.2) is 0 Å². The Balaban J connectivity index is 3.31. The quantitative estimate of drug-likeness (QED) is 0.789. The molecule has 4 heteroatoms. The van der Waals surface area contributed by atoms with Crippen LogP contribution in [0, 0.1) is 17.2 Å². The summed E-state index contributed by atoms with van der Waals surface area (Å²) in [4.78, 5) is 2.15. The number of hydrogen-bond donors (Lipinski definition) is 0. The molecule has 0 saturated heterocycles. The van der Waals surface area contributed by atoms with Gasteiger partial charge >= 0.3 is 0 Å². The fourth-order valence-corrected chi connectivity index (χ4v) is 2.31. The van der Waals surface area contributed by atoms with Crippen LogP contribution in [0.15, 0.2) is 0 Å². The highest BCUT2D eigenvalue weighted by atomic mass is 15.3. The third-order valence-corrected chi connectivity index (χ3v) is 3.21. The molecular formula is C15H24N4. The fourth-order valence-electron chi connectivity index (χ4n) is 2.31. The van der Waals surface area contributed by atoms with E-state index in [0.29, 0.717) is 11.5 Å². The van der Waals surface area contributed by atoms with Gasteiger partial charge in [0.25, 0.3) is 0 Å². The van der Waals surface area contributed by atoms with E-state index in [0.717, 1.165) is 43.0 Å². The van der Waals surface area contributed by atoms with Crippen LogP contribution in [0.4, 0.5) is 5.82 Å². The van der Waals surface area contributed by atoms with Crippen LogP contribution >= 0.6 is 0 Å². The number of nitriles is 1. The molecule has 0 spiro atoms. The summed E-state index contributed by atoms with van der Waals surface area (Å²) in [5.41, 5.74) is 2.71. The first-order valence-electron chi connectivity index (χ1n) is 7.12. The summed E-state index contributed by atoms with van der Waals surface area (Å²) in [5.74, 6) is 1.27. The molecule has 1 aromatic heterocycles. The molecule has 0 aromatic carbocycles. The van der Waals surface area contributed by atoms with Gasteiger partial charge in [-0.2, -0.15) is 10.4 Å². The summed E-state index contributed by atoms with van der Waals surface area (Å²) in [6.45, 7) is 12.3. The summed E-state index contributed by atoms with van der Waals surface area (Å²) in [6.07, 6.45) is 1.65. The van der Waals surface area contributed by atoms with Crippen molar-refractivity contribution in [1.29, 1.82) is 5.26 Å². The van der Waals surface area contributed by atoms with Gasteiger partial charge in [0.05, 0.1) is 5.69 Å². The predicted molar refractivity (Wildman–Crippen MR) is 78.2 cm³/mol. The second-order valence-corrected chi connectivity index (χ2v) is 5.08. The smallest absolute Gasteiger partial charge is 0.169 e. The summed E-state index contributed by atoms with van der Waals surface area (Å²) in [6, 6.07) is 2.33. The van der Waals surface area contributed by atoms with Gasteiger partial charge in [-0.3, -0.25) is 0 Å². The van der Waals surface area contributed by atoms with Crippen molar-refractivity contribution in [2.45, 2.75) is 47.5 Å². The van der Waals surface area contributed by atoms with Crippen LogP contribution < -0.4 is 4.90 Å². The highest BCUT2D eigenvalue weighted by Gasteiger charge is 2.18. The molecule has 1 aromatic rings. The number of rotatable bonds is 6. The van der Waals surface area contributed by atoms with E-state index in [1.807, 2.05) is 0 Å². The van der Waals surface area contributed by atoms with Crippen LogP contribution in [0.1, 0.15) is 51.4 Å². The van der Waals surface area contributed by atoms with Crippen molar-refractivity contribution in [2.24, 2.45) is 5.92 Å². The Morgan fingerprint density at radius 1 is 1.16 bits per heavy atom. The SMILES string of the molecule is CCc1nnc(N(CC)CC(C)C)c(C#N)c1CC. The van der Waals surface area contributed by atoms with E-state index in [1.165, 1.54) is 0 Å². The normalized spacial score (nSPS) is 10.6. The lowest BCUT2D eigenvalue weighted by Gasteiger charge is -2.25. The van der Waals surface area contributed by atoms with Crippen LogP contribution in [0.5, 0.6) is 0 Å². The van der Waals surface area contributed by atoms with E-state index in [4.69, 9.17) is 0 Å². The average Bonchev–Trinajstić information content (AvgIpc) is 2.42. The van der Waals surface area contributed by atoms with Crippen molar-refractivity contribution in [2.75, 3.05) is 18.0 Å². The van der Waals surface area contributed by atoms with Crippen LogP contribution in [0.2, 0.25) is 0 Å². The first-order valence-corrected chi connectivity index (χ1v) is 7.12. The van der Waals surface area contributed by atoms with Crippen molar-refractivity contribution in [3.63, 3.8) is 0 Å². The molecule has 4 nitrogen and oxygen atoms in total. The maximum Gasteiger partial charge on any atom is 0.169 e. The number of hydrogen-bond acceptors (Lipinski definition) is 4. The average molecular weight is 260 g/mol. The van der Waals surface area contributed by atoms with Gasteiger partial charge in [0.15, 0.2) is 5.82 Å². The van der Waals surface area contributed by atoms with Gasteiger partial charge in [-0.05, 0) is 31.2 Å². The van der Waals surface area contributed by atoms with E-state index in [2.05, 4.69) is 55.8 Å². The topological polar surface area (TPSA) is 52.8 Å². The Morgan fingerprint density at radius 3 is 2.26 bits per heavy atom. The summed E-state index contributed by atoms with van der Waals surface area (Å²) in [7, 11) is 0. The molecule has 0 fully saturated rings. The molecule has 1 rings (SSSR count). The third-order valence-electron chi connectivity index (χ3n) is 3.21. The van der Waals surface area contributed by atoms with Gasteiger partial charge in [0.2, 0.25) is 0 Å². The van der Waals surface area contributed by atoms with Crippen molar-refractivity contribution in [3.8, 4) is 6.07 Å². The second-order valence-electron chi connectivity index (χ2n) is 5.08. The van der Waals surface area contributed by atoms with Gasteiger partial charge < -0.3 is 4.90 Å². The van der Waals surface area contributed by atoms with E-state index in [-0.39, 0.29) is 0 Å². The molecule has 0 radical (unpaired) electrons. The number of anilines is 1. The minimum Gasteiger partial charge on any atom is -0.354 e. The molecule has 0 atom stereocenters. The van der Waals surface area contributed by atoms with Crippen molar-refractivity contribution < 1.29 is 0 Å². The zero-order chi connectivity index (χ0) is 14.4. The molecule has 1 heterocycles. The molecule has 0 aliphatic carbocycles. The zero-order valence-electron chi connectivity index (χ0n) is 12.7. The molecule has 104 valence electrons. The summed E-state index contributed by atoms with van der Waals surface area (Å²) < 4.78 is 0. The standard InChI is InChI=1S/C15H24N4/c1-6-12-13(9-16)15(18-17-14(12)7-2)19(8-3)10-11(4)5/h11H,6-8,10H2,1-5H3. The van der Waals surface area contributed by atoms with Crippen molar-refractivity contribution in [1.82, 2.24) is 10.2 Å². The Morgan fingerprint density at radius 2 is 1.84 bits per heavy atom. The maximum absolute atomic E-state index is 9.48. The van der Waals surface area contributed by atoms with Crippen LogP contribution in [0.3, 0.4) is 0 Å².